The molecule has 0 radical (unpaired) electrons. The molecule has 0 fully saturated rings. The molecule has 0 unspecified atom stereocenters. The summed E-state index contributed by atoms with van der Waals surface area (Å²) in [5, 5.41) is 13.3. The monoisotopic (exact) mass is 258 g/mol. The molecule has 0 aliphatic rings. The van der Waals surface area contributed by atoms with E-state index < -0.39 is 11.7 Å². The van der Waals surface area contributed by atoms with Gasteiger partial charge in [-0.3, -0.25) is 4.68 Å². The van der Waals surface area contributed by atoms with Crippen molar-refractivity contribution in [3.63, 3.8) is 0 Å². The van der Waals surface area contributed by atoms with Crippen molar-refractivity contribution < 1.29 is 9.90 Å². The van der Waals surface area contributed by atoms with Crippen molar-refractivity contribution in [1.29, 1.82) is 0 Å². The van der Waals surface area contributed by atoms with Crippen molar-refractivity contribution >= 4 is 17.0 Å². The van der Waals surface area contributed by atoms with E-state index in [0.717, 1.165) is 0 Å². The number of imidazole rings is 1. The van der Waals surface area contributed by atoms with E-state index in [1.54, 1.807) is 36.1 Å². The predicted octanol–water partition coefficient (Wildman–Crippen LogP) is 0.750. The fourth-order valence-electron chi connectivity index (χ4n) is 2.06. The Morgan fingerprint density at radius 1 is 1.37 bits per heavy atom. The Hall–Kier alpha value is -2.83. The van der Waals surface area contributed by atoms with Gasteiger partial charge in [-0.25, -0.2) is 14.2 Å². The first-order valence-electron chi connectivity index (χ1n) is 5.55. The van der Waals surface area contributed by atoms with E-state index in [9.17, 15) is 9.59 Å². The van der Waals surface area contributed by atoms with Crippen LogP contribution in [0.2, 0.25) is 0 Å². The van der Waals surface area contributed by atoms with E-state index in [4.69, 9.17) is 5.11 Å². The first-order valence-corrected chi connectivity index (χ1v) is 5.55. The van der Waals surface area contributed by atoms with Crippen molar-refractivity contribution in [1.82, 2.24) is 19.3 Å². The predicted molar refractivity (Wildman–Crippen MR) is 67.6 cm³/mol. The third-order valence-corrected chi connectivity index (χ3v) is 2.88. The number of hydrogen-bond donors (Lipinski definition) is 2. The second-order valence-corrected chi connectivity index (χ2v) is 4.12. The molecule has 0 spiro atoms. The van der Waals surface area contributed by atoms with E-state index in [1.807, 2.05) is 0 Å². The highest BCUT2D eigenvalue weighted by Crippen LogP contribution is 2.18. The normalized spacial score (nSPS) is 11.0. The first-order chi connectivity index (χ1) is 9.08. The fraction of sp³-hybridized carbons (Fsp3) is 0.0833. The Balaban J connectivity index is 2.38. The Labute approximate surface area is 106 Å². The van der Waals surface area contributed by atoms with Gasteiger partial charge in [-0.1, -0.05) is 6.07 Å². The molecular weight excluding hydrogens is 248 g/mol. The number of nitrogens with zero attached hydrogens (tertiary/aromatic N) is 3. The van der Waals surface area contributed by atoms with Gasteiger partial charge in [-0.15, -0.1) is 0 Å². The lowest BCUT2D eigenvalue weighted by Crippen LogP contribution is -2.15. The molecule has 19 heavy (non-hydrogen) atoms. The van der Waals surface area contributed by atoms with Crippen LogP contribution in [0.25, 0.3) is 16.9 Å². The number of rotatable bonds is 2. The highest BCUT2D eigenvalue weighted by molar-refractivity contribution is 6.01. The van der Waals surface area contributed by atoms with Crippen LogP contribution in [0.5, 0.6) is 0 Å². The number of para-hydroxylation sites is 1. The van der Waals surface area contributed by atoms with Crippen LogP contribution in [-0.4, -0.2) is 30.4 Å². The largest absolute Gasteiger partial charge is 0.478 e. The van der Waals surface area contributed by atoms with Crippen LogP contribution in [0, 0.1) is 0 Å². The van der Waals surface area contributed by atoms with Crippen LogP contribution in [0.4, 0.5) is 0 Å². The molecule has 0 atom stereocenters. The SMILES string of the molecule is Cn1ccc(-n2c(=O)[nH]c3c(C(=O)O)cccc32)n1. The van der Waals surface area contributed by atoms with Gasteiger partial charge in [0.1, 0.15) is 0 Å². The third-order valence-electron chi connectivity index (χ3n) is 2.88. The molecule has 0 bridgehead atoms. The lowest BCUT2D eigenvalue weighted by atomic mass is 10.2. The number of aromatic nitrogens is 4. The summed E-state index contributed by atoms with van der Waals surface area (Å²) in [6, 6.07) is 6.40. The van der Waals surface area contributed by atoms with Gasteiger partial charge < -0.3 is 10.1 Å². The van der Waals surface area contributed by atoms with Crippen molar-refractivity contribution in [3.8, 4) is 5.82 Å². The zero-order chi connectivity index (χ0) is 13.6. The Morgan fingerprint density at radius 2 is 2.16 bits per heavy atom. The number of carboxylic acids is 1. The minimum absolute atomic E-state index is 0.0595. The lowest BCUT2D eigenvalue weighted by Gasteiger charge is -1.99. The van der Waals surface area contributed by atoms with Crippen molar-refractivity contribution in [2.75, 3.05) is 0 Å². The average Bonchev–Trinajstić information content (AvgIpc) is 2.90. The highest BCUT2D eigenvalue weighted by atomic mass is 16.4. The van der Waals surface area contributed by atoms with E-state index in [0.29, 0.717) is 16.9 Å². The maximum absolute atomic E-state index is 12.0. The van der Waals surface area contributed by atoms with Crippen LogP contribution in [0.15, 0.2) is 35.3 Å². The molecule has 2 N–H and O–H groups in total. The molecule has 96 valence electrons. The number of carbonyl (C=O) groups is 1. The van der Waals surface area contributed by atoms with Gasteiger partial charge in [0, 0.05) is 19.3 Å². The van der Waals surface area contributed by atoms with E-state index in [2.05, 4.69) is 10.1 Å². The summed E-state index contributed by atoms with van der Waals surface area (Å²) < 4.78 is 2.92. The van der Waals surface area contributed by atoms with Gasteiger partial charge in [0.15, 0.2) is 5.82 Å². The number of fused-ring (bicyclic) bond motifs is 1. The molecule has 7 heteroatoms. The summed E-state index contributed by atoms with van der Waals surface area (Å²) in [5.41, 5.74) is 0.431. The molecule has 0 saturated carbocycles. The van der Waals surface area contributed by atoms with E-state index in [-0.39, 0.29) is 5.56 Å². The van der Waals surface area contributed by atoms with E-state index in [1.165, 1.54) is 10.6 Å². The first kappa shape index (κ1) is 11.3. The van der Waals surface area contributed by atoms with Crippen molar-refractivity contribution in [2.45, 2.75) is 0 Å². The molecule has 1 aromatic carbocycles. The van der Waals surface area contributed by atoms with Gasteiger partial charge in [0.2, 0.25) is 0 Å². The van der Waals surface area contributed by atoms with Gasteiger partial charge in [-0.05, 0) is 12.1 Å². The van der Waals surface area contributed by atoms with Crippen LogP contribution >= 0.6 is 0 Å². The number of aryl methyl sites for hydroxylation is 1. The third kappa shape index (κ3) is 1.63. The molecule has 0 aliphatic heterocycles. The number of H-pyrrole nitrogens is 1. The summed E-state index contributed by atoms with van der Waals surface area (Å²) in [6.07, 6.45) is 1.71. The molecule has 0 amide bonds. The second kappa shape index (κ2) is 3.84. The molecule has 0 aliphatic carbocycles. The summed E-state index contributed by atoms with van der Waals surface area (Å²) in [7, 11) is 1.74. The Kier molecular flexibility index (Phi) is 2.28. The zero-order valence-electron chi connectivity index (χ0n) is 9.99. The summed E-state index contributed by atoms with van der Waals surface area (Å²) >= 11 is 0. The lowest BCUT2D eigenvalue weighted by molar-refractivity contribution is 0.0699. The minimum Gasteiger partial charge on any atom is -0.478 e. The van der Waals surface area contributed by atoms with Gasteiger partial charge in [-0.2, -0.15) is 5.10 Å². The van der Waals surface area contributed by atoms with Crippen molar-refractivity contribution in [3.05, 3.63) is 46.5 Å². The van der Waals surface area contributed by atoms with Crippen LogP contribution < -0.4 is 5.69 Å². The second-order valence-electron chi connectivity index (χ2n) is 4.12. The quantitative estimate of drug-likeness (QED) is 0.709. The molecule has 7 nitrogen and oxygen atoms in total. The number of benzene rings is 1. The van der Waals surface area contributed by atoms with Crippen LogP contribution in [0.3, 0.4) is 0 Å². The zero-order valence-corrected chi connectivity index (χ0v) is 9.99. The minimum atomic E-state index is -1.08. The highest BCUT2D eigenvalue weighted by Gasteiger charge is 2.16. The van der Waals surface area contributed by atoms with Crippen molar-refractivity contribution in [2.24, 2.45) is 7.05 Å². The Bertz CT molecular complexity index is 840. The van der Waals surface area contributed by atoms with Crippen LogP contribution in [0.1, 0.15) is 10.4 Å². The topological polar surface area (TPSA) is 92.9 Å². The molecule has 2 heterocycles. The molecule has 0 saturated heterocycles. The molecule has 3 aromatic rings. The summed E-state index contributed by atoms with van der Waals surface area (Å²) in [6.45, 7) is 0. The van der Waals surface area contributed by atoms with Gasteiger partial charge >= 0.3 is 11.7 Å². The number of hydrogen-bond acceptors (Lipinski definition) is 3. The molecule has 3 rings (SSSR count). The Morgan fingerprint density at radius 3 is 2.79 bits per heavy atom. The maximum Gasteiger partial charge on any atom is 0.337 e. The number of nitrogens with one attached hydrogen (secondary N) is 1. The standard InChI is InChI=1S/C12H10N4O3/c1-15-6-5-9(14-15)16-8-4-2-3-7(11(17)18)10(8)13-12(16)19/h2-6H,1H3,(H,13,19)(H,17,18). The van der Waals surface area contributed by atoms with E-state index >= 15 is 0 Å². The average molecular weight is 258 g/mol. The fourth-order valence-corrected chi connectivity index (χ4v) is 2.06. The van der Waals surface area contributed by atoms with Crippen LogP contribution in [-0.2, 0) is 7.05 Å². The molecular formula is C12H10N4O3. The van der Waals surface area contributed by atoms with Gasteiger partial charge in [0.25, 0.3) is 0 Å². The van der Waals surface area contributed by atoms with Gasteiger partial charge in [0.05, 0.1) is 16.6 Å². The summed E-state index contributed by atoms with van der Waals surface area (Å²) in [5.74, 6) is -0.638. The summed E-state index contributed by atoms with van der Waals surface area (Å²) in [4.78, 5) is 25.7. The number of carboxylic acid groups (broad SMARTS) is 1. The smallest absolute Gasteiger partial charge is 0.337 e. The number of aromatic carboxylic acids is 1. The molecule has 2 aromatic heterocycles. The maximum atomic E-state index is 12.0. The number of aromatic amines is 1.